The molecule has 3 nitrogen and oxygen atoms in total. The summed E-state index contributed by atoms with van der Waals surface area (Å²) in [4.78, 5) is 13.0. The Labute approximate surface area is 122 Å². The van der Waals surface area contributed by atoms with Crippen LogP contribution in [0.4, 0.5) is 0 Å². The molecule has 0 spiro atoms. The van der Waals surface area contributed by atoms with Crippen molar-refractivity contribution in [2.24, 2.45) is 0 Å². The lowest BCUT2D eigenvalue weighted by Crippen LogP contribution is -2.30. The molecule has 1 aromatic rings. The predicted molar refractivity (Wildman–Crippen MR) is 74.9 cm³/mol. The van der Waals surface area contributed by atoms with Gasteiger partial charge in [-0.05, 0) is 18.2 Å². The van der Waals surface area contributed by atoms with E-state index in [-0.39, 0.29) is 5.91 Å². The molecule has 0 atom stereocenters. The number of carbonyl (C=O) groups is 1. The molecule has 1 rings (SSSR count). The summed E-state index contributed by atoms with van der Waals surface area (Å²) in [6.07, 6.45) is 0.333. The number of likely N-dealkylation sites (N-methyl/N-ethyl adjacent to an activating group) is 1. The van der Waals surface area contributed by atoms with Crippen LogP contribution in [0.1, 0.15) is 6.42 Å². The van der Waals surface area contributed by atoms with Gasteiger partial charge in [-0.1, -0.05) is 23.2 Å². The van der Waals surface area contributed by atoms with Gasteiger partial charge in [0.25, 0.3) is 0 Å². The fraction of sp³-hybridized carbons (Fsp3) is 0.417. The molecule has 0 radical (unpaired) electrons. The molecular weight excluding hydrogens is 296 g/mol. The molecule has 0 fully saturated rings. The molecule has 0 saturated carbocycles. The average Bonchev–Trinajstić information content (AvgIpc) is 2.32. The molecule has 100 valence electrons. The number of amides is 1. The lowest BCUT2D eigenvalue weighted by atomic mass is 10.3. The molecule has 0 aliphatic rings. The Morgan fingerprint density at radius 1 is 1.39 bits per heavy atom. The second kappa shape index (κ2) is 7.72. The molecule has 0 aromatic heterocycles. The van der Waals surface area contributed by atoms with Gasteiger partial charge in [0.05, 0.1) is 11.6 Å². The van der Waals surface area contributed by atoms with E-state index in [1.165, 1.54) is 0 Å². The number of halogens is 3. The Morgan fingerprint density at radius 3 is 2.72 bits per heavy atom. The van der Waals surface area contributed by atoms with Crippen LogP contribution in [-0.4, -0.2) is 36.9 Å². The number of nitrogens with zero attached hydrogens (tertiary/aromatic N) is 1. The van der Waals surface area contributed by atoms with Crippen LogP contribution >= 0.6 is 34.8 Å². The van der Waals surface area contributed by atoms with Crippen molar-refractivity contribution in [3.05, 3.63) is 28.2 Å². The number of benzene rings is 1. The third kappa shape index (κ3) is 4.92. The molecule has 1 aromatic carbocycles. The van der Waals surface area contributed by atoms with Crippen molar-refractivity contribution >= 4 is 40.7 Å². The van der Waals surface area contributed by atoms with E-state index in [2.05, 4.69) is 0 Å². The smallest absolute Gasteiger partial charge is 0.223 e. The number of alkyl halides is 1. The third-order valence-corrected chi connectivity index (χ3v) is 3.03. The van der Waals surface area contributed by atoms with Gasteiger partial charge >= 0.3 is 0 Å². The predicted octanol–water partition coefficient (Wildman–Crippen LogP) is 3.46. The van der Waals surface area contributed by atoms with Crippen LogP contribution in [-0.2, 0) is 4.79 Å². The molecule has 0 aliphatic carbocycles. The van der Waals surface area contributed by atoms with Crippen LogP contribution in [0.2, 0.25) is 10.0 Å². The first kappa shape index (κ1) is 15.4. The van der Waals surface area contributed by atoms with Crippen molar-refractivity contribution in [1.82, 2.24) is 4.90 Å². The Bertz CT molecular complexity index is 412. The number of hydrogen-bond acceptors (Lipinski definition) is 2. The fourth-order valence-electron chi connectivity index (χ4n) is 1.28. The first-order valence-electron chi connectivity index (χ1n) is 5.42. The summed E-state index contributed by atoms with van der Waals surface area (Å²) in [5, 5.41) is 1.01. The quantitative estimate of drug-likeness (QED) is 0.753. The first-order chi connectivity index (χ1) is 8.54. The Morgan fingerprint density at radius 2 is 2.11 bits per heavy atom. The minimum absolute atomic E-state index is 0.00389. The van der Waals surface area contributed by atoms with E-state index < -0.39 is 0 Å². The van der Waals surface area contributed by atoms with E-state index in [0.29, 0.717) is 41.2 Å². The van der Waals surface area contributed by atoms with E-state index in [9.17, 15) is 4.79 Å². The highest BCUT2D eigenvalue weighted by Crippen LogP contribution is 2.27. The van der Waals surface area contributed by atoms with Gasteiger partial charge in [-0.2, -0.15) is 0 Å². The Kier molecular flexibility index (Phi) is 6.61. The maximum absolute atomic E-state index is 11.4. The minimum Gasteiger partial charge on any atom is -0.490 e. The van der Waals surface area contributed by atoms with Crippen molar-refractivity contribution in [2.45, 2.75) is 6.42 Å². The van der Waals surface area contributed by atoms with Crippen molar-refractivity contribution in [3.8, 4) is 5.75 Å². The molecule has 6 heteroatoms. The number of carbonyl (C=O) groups excluding carboxylic acids is 1. The zero-order valence-electron chi connectivity index (χ0n) is 9.96. The molecule has 0 bridgehead atoms. The molecular formula is C12H14Cl3NO2. The maximum atomic E-state index is 11.4. The fourth-order valence-corrected chi connectivity index (χ4v) is 1.91. The molecule has 0 unspecified atom stereocenters. The second-order valence-corrected chi connectivity index (χ2v) is 4.90. The summed E-state index contributed by atoms with van der Waals surface area (Å²) < 4.78 is 5.47. The summed E-state index contributed by atoms with van der Waals surface area (Å²) in [5.41, 5.74) is 0. The molecule has 0 aliphatic heterocycles. The highest BCUT2D eigenvalue weighted by Gasteiger charge is 2.08. The topological polar surface area (TPSA) is 29.5 Å². The van der Waals surface area contributed by atoms with Gasteiger partial charge in [0, 0.05) is 24.4 Å². The SMILES string of the molecule is CN(CCOc1ccc(Cl)cc1Cl)C(=O)CCCl. The van der Waals surface area contributed by atoms with Gasteiger partial charge in [-0.25, -0.2) is 0 Å². The van der Waals surface area contributed by atoms with Crippen LogP contribution < -0.4 is 4.74 Å². The van der Waals surface area contributed by atoms with E-state index in [0.717, 1.165) is 0 Å². The highest BCUT2D eigenvalue weighted by molar-refractivity contribution is 6.35. The van der Waals surface area contributed by atoms with Crippen LogP contribution in [0.3, 0.4) is 0 Å². The first-order valence-corrected chi connectivity index (χ1v) is 6.71. The van der Waals surface area contributed by atoms with E-state index in [4.69, 9.17) is 39.5 Å². The standard InChI is InChI=1S/C12H14Cl3NO2/c1-16(12(17)4-5-13)6-7-18-11-3-2-9(14)8-10(11)15/h2-3,8H,4-7H2,1H3. The maximum Gasteiger partial charge on any atom is 0.223 e. The summed E-state index contributed by atoms with van der Waals surface area (Å²) in [7, 11) is 1.71. The van der Waals surface area contributed by atoms with E-state index >= 15 is 0 Å². The van der Waals surface area contributed by atoms with Crippen LogP contribution in [0, 0.1) is 0 Å². The molecule has 1 amide bonds. The Hall–Kier alpha value is -0.640. The molecule has 0 saturated heterocycles. The summed E-state index contributed by atoms with van der Waals surface area (Å²) >= 11 is 17.2. The van der Waals surface area contributed by atoms with Gasteiger partial charge in [0.1, 0.15) is 12.4 Å². The Balaban J connectivity index is 2.39. The van der Waals surface area contributed by atoms with Gasteiger partial charge in [0.2, 0.25) is 5.91 Å². The van der Waals surface area contributed by atoms with Crippen LogP contribution in [0.5, 0.6) is 5.75 Å². The second-order valence-electron chi connectivity index (χ2n) is 3.68. The zero-order valence-corrected chi connectivity index (χ0v) is 12.2. The molecule has 18 heavy (non-hydrogen) atoms. The van der Waals surface area contributed by atoms with Gasteiger partial charge < -0.3 is 9.64 Å². The minimum atomic E-state index is -0.00389. The zero-order chi connectivity index (χ0) is 13.5. The van der Waals surface area contributed by atoms with Crippen molar-refractivity contribution in [1.29, 1.82) is 0 Å². The monoisotopic (exact) mass is 309 g/mol. The van der Waals surface area contributed by atoms with Gasteiger partial charge in [-0.3, -0.25) is 4.79 Å². The average molecular weight is 311 g/mol. The van der Waals surface area contributed by atoms with Crippen molar-refractivity contribution in [2.75, 3.05) is 26.1 Å². The van der Waals surface area contributed by atoms with Crippen LogP contribution in [0.15, 0.2) is 18.2 Å². The van der Waals surface area contributed by atoms with Crippen molar-refractivity contribution < 1.29 is 9.53 Å². The normalized spacial score (nSPS) is 10.2. The summed E-state index contributed by atoms with van der Waals surface area (Å²) in [6, 6.07) is 5.01. The number of hydrogen-bond donors (Lipinski definition) is 0. The van der Waals surface area contributed by atoms with Crippen molar-refractivity contribution in [3.63, 3.8) is 0 Å². The summed E-state index contributed by atoms with van der Waals surface area (Å²) in [6.45, 7) is 0.848. The molecule has 0 heterocycles. The lowest BCUT2D eigenvalue weighted by Gasteiger charge is -2.17. The third-order valence-electron chi connectivity index (χ3n) is 2.31. The largest absolute Gasteiger partial charge is 0.490 e. The van der Waals surface area contributed by atoms with Crippen LogP contribution in [0.25, 0.3) is 0 Å². The number of ether oxygens (including phenoxy) is 1. The van der Waals surface area contributed by atoms with E-state index in [1.54, 1.807) is 30.1 Å². The highest BCUT2D eigenvalue weighted by atomic mass is 35.5. The number of rotatable bonds is 6. The van der Waals surface area contributed by atoms with E-state index in [1.807, 2.05) is 0 Å². The summed E-state index contributed by atoms with van der Waals surface area (Å²) in [5.74, 6) is 0.877. The van der Waals surface area contributed by atoms with Gasteiger partial charge in [0.15, 0.2) is 0 Å². The molecule has 0 N–H and O–H groups in total. The van der Waals surface area contributed by atoms with Gasteiger partial charge in [-0.15, -0.1) is 11.6 Å². The lowest BCUT2D eigenvalue weighted by molar-refractivity contribution is -0.129.